The van der Waals surface area contributed by atoms with Gasteiger partial charge in [-0.3, -0.25) is 4.55 Å². The van der Waals surface area contributed by atoms with Crippen LogP contribution >= 0.6 is 0 Å². The molecule has 1 rings (SSSR count). The molecule has 0 saturated carbocycles. The van der Waals surface area contributed by atoms with Crippen molar-refractivity contribution in [1.82, 2.24) is 0 Å². The SMILES string of the molecule is CCOc1cc(N)cc(S(=O)(=O)O)c1. The summed E-state index contributed by atoms with van der Waals surface area (Å²) < 4.78 is 35.4. The van der Waals surface area contributed by atoms with Gasteiger partial charge in [-0.05, 0) is 13.0 Å². The summed E-state index contributed by atoms with van der Waals surface area (Å²) in [6.07, 6.45) is 0. The van der Waals surface area contributed by atoms with Crippen molar-refractivity contribution in [2.75, 3.05) is 12.3 Å². The van der Waals surface area contributed by atoms with Gasteiger partial charge in [0, 0.05) is 17.8 Å². The van der Waals surface area contributed by atoms with Gasteiger partial charge in [0.05, 0.1) is 11.5 Å². The minimum Gasteiger partial charge on any atom is -0.494 e. The van der Waals surface area contributed by atoms with Crippen LogP contribution in [0, 0.1) is 0 Å². The highest BCUT2D eigenvalue weighted by Crippen LogP contribution is 2.21. The number of nitrogens with two attached hydrogens (primary N) is 1. The molecule has 0 unspecified atom stereocenters. The third-order valence-corrected chi connectivity index (χ3v) is 2.34. The number of rotatable bonds is 3. The minimum absolute atomic E-state index is 0.226. The number of nitrogen functional groups attached to an aromatic ring is 1. The average Bonchev–Trinajstić information content (AvgIpc) is 2.02. The van der Waals surface area contributed by atoms with E-state index in [0.29, 0.717) is 12.4 Å². The van der Waals surface area contributed by atoms with E-state index < -0.39 is 10.1 Å². The first-order valence-corrected chi connectivity index (χ1v) is 5.38. The second kappa shape index (κ2) is 3.85. The quantitative estimate of drug-likeness (QED) is 0.580. The molecule has 6 heteroatoms. The minimum atomic E-state index is -4.23. The molecule has 0 aliphatic heterocycles. The Morgan fingerprint density at radius 3 is 2.57 bits per heavy atom. The molecular weight excluding hydrogens is 206 g/mol. The van der Waals surface area contributed by atoms with E-state index in [4.69, 9.17) is 15.0 Å². The van der Waals surface area contributed by atoms with Gasteiger partial charge in [0.1, 0.15) is 5.75 Å². The Balaban J connectivity index is 3.21. The smallest absolute Gasteiger partial charge is 0.294 e. The molecule has 1 aromatic rings. The molecule has 14 heavy (non-hydrogen) atoms. The Kier molecular flexibility index (Phi) is 2.97. The summed E-state index contributed by atoms with van der Waals surface area (Å²) in [7, 11) is -4.23. The van der Waals surface area contributed by atoms with Gasteiger partial charge in [0.2, 0.25) is 0 Å². The molecule has 0 radical (unpaired) electrons. The number of hydrogen-bond acceptors (Lipinski definition) is 4. The highest BCUT2D eigenvalue weighted by atomic mass is 32.2. The van der Waals surface area contributed by atoms with E-state index in [9.17, 15) is 8.42 Å². The second-order valence-electron chi connectivity index (χ2n) is 2.65. The molecular formula is C8H11NO4S. The Bertz CT molecular complexity index is 427. The average molecular weight is 217 g/mol. The van der Waals surface area contributed by atoms with Crippen molar-refractivity contribution in [2.45, 2.75) is 11.8 Å². The van der Waals surface area contributed by atoms with E-state index in [2.05, 4.69) is 0 Å². The summed E-state index contributed by atoms with van der Waals surface area (Å²) in [5.41, 5.74) is 5.66. The van der Waals surface area contributed by atoms with Gasteiger partial charge in [0.15, 0.2) is 0 Å². The molecule has 0 heterocycles. The van der Waals surface area contributed by atoms with E-state index in [-0.39, 0.29) is 10.6 Å². The van der Waals surface area contributed by atoms with Crippen molar-refractivity contribution in [2.24, 2.45) is 0 Å². The second-order valence-corrected chi connectivity index (χ2v) is 4.07. The molecule has 78 valence electrons. The summed E-state index contributed by atoms with van der Waals surface area (Å²) in [5, 5.41) is 0. The van der Waals surface area contributed by atoms with Crippen LogP contribution in [0.1, 0.15) is 6.92 Å². The van der Waals surface area contributed by atoms with Crippen LogP contribution in [-0.2, 0) is 10.1 Å². The van der Waals surface area contributed by atoms with Crippen molar-refractivity contribution in [3.8, 4) is 5.75 Å². The first kappa shape index (κ1) is 10.8. The number of hydrogen-bond donors (Lipinski definition) is 2. The van der Waals surface area contributed by atoms with Crippen LogP contribution in [0.5, 0.6) is 5.75 Å². The van der Waals surface area contributed by atoms with E-state index >= 15 is 0 Å². The first-order chi connectivity index (χ1) is 6.43. The number of ether oxygens (including phenoxy) is 1. The summed E-state index contributed by atoms with van der Waals surface area (Å²) >= 11 is 0. The van der Waals surface area contributed by atoms with Gasteiger partial charge in [-0.1, -0.05) is 0 Å². The van der Waals surface area contributed by atoms with Gasteiger partial charge >= 0.3 is 0 Å². The molecule has 3 N–H and O–H groups in total. The largest absolute Gasteiger partial charge is 0.494 e. The van der Waals surface area contributed by atoms with E-state index in [1.165, 1.54) is 12.1 Å². The van der Waals surface area contributed by atoms with Crippen LogP contribution in [0.25, 0.3) is 0 Å². The van der Waals surface area contributed by atoms with Gasteiger partial charge in [-0.15, -0.1) is 0 Å². The molecule has 0 fully saturated rings. The van der Waals surface area contributed by atoms with Crippen LogP contribution in [0.15, 0.2) is 23.1 Å². The molecule has 0 aromatic heterocycles. The van der Waals surface area contributed by atoms with Crippen molar-refractivity contribution < 1.29 is 17.7 Å². The van der Waals surface area contributed by atoms with Gasteiger partial charge in [0.25, 0.3) is 10.1 Å². The Labute approximate surface area is 82.2 Å². The van der Waals surface area contributed by atoms with Gasteiger partial charge in [-0.25, -0.2) is 0 Å². The Hall–Kier alpha value is -1.27. The molecule has 1 aromatic carbocycles. The van der Waals surface area contributed by atoms with Gasteiger partial charge in [-0.2, -0.15) is 8.42 Å². The molecule has 0 amide bonds. The topological polar surface area (TPSA) is 89.6 Å². The molecule has 5 nitrogen and oxygen atoms in total. The predicted octanol–water partition coefficient (Wildman–Crippen LogP) is 0.914. The van der Waals surface area contributed by atoms with E-state index in [1.807, 2.05) is 0 Å². The van der Waals surface area contributed by atoms with Crippen LogP contribution in [0.2, 0.25) is 0 Å². The van der Waals surface area contributed by atoms with Crippen LogP contribution in [0.3, 0.4) is 0 Å². The monoisotopic (exact) mass is 217 g/mol. The maximum Gasteiger partial charge on any atom is 0.294 e. The maximum atomic E-state index is 10.8. The maximum absolute atomic E-state index is 10.8. The zero-order valence-corrected chi connectivity index (χ0v) is 8.41. The lowest BCUT2D eigenvalue weighted by molar-refractivity contribution is 0.339. The summed E-state index contributed by atoms with van der Waals surface area (Å²) in [4.78, 5) is -0.263. The zero-order chi connectivity index (χ0) is 10.8. The van der Waals surface area contributed by atoms with Crippen molar-refractivity contribution >= 4 is 15.8 Å². The lowest BCUT2D eigenvalue weighted by atomic mass is 10.3. The molecule has 0 aliphatic carbocycles. The molecule has 0 atom stereocenters. The molecule has 0 aliphatic rings. The number of benzene rings is 1. The highest BCUT2D eigenvalue weighted by Gasteiger charge is 2.11. The van der Waals surface area contributed by atoms with Crippen molar-refractivity contribution in [3.05, 3.63) is 18.2 Å². The fourth-order valence-electron chi connectivity index (χ4n) is 0.993. The summed E-state index contributed by atoms with van der Waals surface area (Å²) in [6.45, 7) is 2.16. The van der Waals surface area contributed by atoms with Crippen LogP contribution in [0.4, 0.5) is 5.69 Å². The van der Waals surface area contributed by atoms with E-state index in [0.717, 1.165) is 6.07 Å². The Morgan fingerprint density at radius 1 is 1.43 bits per heavy atom. The molecule has 0 bridgehead atoms. The zero-order valence-electron chi connectivity index (χ0n) is 7.60. The Morgan fingerprint density at radius 2 is 2.07 bits per heavy atom. The molecule has 0 spiro atoms. The highest BCUT2D eigenvalue weighted by molar-refractivity contribution is 7.85. The molecule has 0 saturated heterocycles. The third kappa shape index (κ3) is 2.61. The standard InChI is InChI=1S/C8H11NO4S/c1-2-13-7-3-6(9)4-8(5-7)14(10,11)12/h3-5H,2,9H2,1H3,(H,10,11,12). The van der Waals surface area contributed by atoms with Crippen LogP contribution in [-0.4, -0.2) is 19.6 Å². The lowest BCUT2D eigenvalue weighted by Gasteiger charge is -2.05. The predicted molar refractivity (Wildman–Crippen MR) is 51.8 cm³/mol. The summed E-state index contributed by atoms with van der Waals surface area (Å²) in [6, 6.07) is 3.87. The lowest BCUT2D eigenvalue weighted by Crippen LogP contribution is -2.01. The normalized spacial score (nSPS) is 11.3. The summed E-state index contributed by atoms with van der Waals surface area (Å²) in [5.74, 6) is 0.320. The fourth-order valence-corrected chi connectivity index (χ4v) is 1.54. The van der Waals surface area contributed by atoms with Gasteiger partial charge < -0.3 is 10.5 Å². The first-order valence-electron chi connectivity index (χ1n) is 3.94. The van der Waals surface area contributed by atoms with Crippen molar-refractivity contribution in [1.29, 1.82) is 0 Å². The van der Waals surface area contributed by atoms with E-state index in [1.54, 1.807) is 6.92 Å². The van der Waals surface area contributed by atoms with Crippen LogP contribution < -0.4 is 10.5 Å². The fraction of sp³-hybridized carbons (Fsp3) is 0.250. The third-order valence-electron chi connectivity index (χ3n) is 1.51. The van der Waals surface area contributed by atoms with Crippen molar-refractivity contribution in [3.63, 3.8) is 0 Å². The number of anilines is 1.